The van der Waals surface area contributed by atoms with Crippen LogP contribution in [0.15, 0.2) is 39.7 Å². The first kappa shape index (κ1) is 18.0. The van der Waals surface area contributed by atoms with E-state index >= 15 is 0 Å². The molecule has 7 heteroatoms. The molecule has 3 rings (SSSR count). The van der Waals surface area contributed by atoms with E-state index in [0.29, 0.717) is 44.9 Å². The second kappa shape index (κ2) is 8.03. The predicted molar refractivity (Wildman–Crippen MR) is 99.6 cm³/mol. The lowest BCUT2D eigenvalue weighted by Crippen LogP contribution is -2.46. The minimum Gasteiger partial charge on any atom is -0.459 e. The van der Waals surface area contributed by atoms with Gasteiger partial charge in [-0.15, -0.1) is 0 Å². The van der Waals surface area contributed by atoms with Crippen molar-refractivity contribution >= 4 is 28.7 Å². The molecule has 0 bridgehead atoms. The number of hydrogen-bond acceptors (Lipinski definition) is 4. The van der Waals surface area contributed by atoms with Gasteiger partial charge in [0.2, 0.25) is 11.8 Å². The summed E-state index contributed by atoms with van der Waals surface area (Å²) in [5.74, 6) is 1.35. The van der Waals surface area contributed by atoms with Crippen molar-refractivity contribution in [3.05, 3.63) is 36.1 Å². The SMILES string of the molecule is CN=C(NCCN1C(=O)CCCC1=O)N(C)Cc1cc2ccccc2o1. The number of rotatable bonds is 5. The van der Waals surface area contributed by atoms with Gasteiger partial charge in [0, 0.05) is 45.4 Å². The number of aliphatic imine (C=N–C) groups is 1. The molecule has 0 spiro atoms. The third-order valence-electron chi connectivity index (χ3n) is 4.44. The van der Waals surface area contributed by atoms with Crippen LogP contribution in [0.25, 0.3) is 11.0 Å². The number of guanidine groups is 1. The number of imide groups is 1. The van der Waals surface area contributed by atoms with Crippen molar-refractivity contribution in [2.45, 2.75) is 25.8 Å². The number of hydrogen-bond donors (Lipinski definition) is 1. The highest BCUT2D eigenvalue weighted by atomic mass is 16.3. The number of nitrogens with one attached hydrogen (secondary N) is 1. The van der Waals surface area contributed by atoms with Gasteiger partial charge in [0.25, 0.3) is 0 Å². The highest BCUT2D eigenvalue weighted by Gasteiger charge is 2.25. The number of likely N-dealkylation sites (tertiary alicyclic amines) is 1. The fraction of sp³-hybridized carbons (Fsp3) is 0.421. The average Bonchev–Trinajstić information content (AvgIpc) is 3.03. The number of furan rings is 1. The minimum absolute atomic E-state index is 0.0892. The average molecular weight is 356 g/mol. The van der Waals surface area contributed by atoms with E-state index in [2.05, 4.69) is 10.3 Å². The van der Waals surface area contributed by atoms with Crippen molar-refractivity contribution in [2.75, 3.05) is 27.2 Å². The monoisotopic (exact) mass is 356 g/mol. The predicted octanol–water partition coefficient (Wildman–Crippen LogP) is 1.98. The summed E-state index contributed by atoms with van der Waals surface area (Å²) in [5.41, 5.74) is 0.862. The quantitative estimate of drug-likeness (QED) is 0.503. The smallest absolute Gasteiger partial charge is 0.229 e. The first-order valence-corrected chi connectivity index (χ1v) is 8.81. The number of piperidine rings is 1. The van der Waals surface area contributed by atoms with Crippen LogP contribution in [0.1, 0.15) is 25.0 Å². The number of carbonyl (C=O) groups excluding carboxylic acids is 2. The van der Waals surface area contributed by atoms with Crippen LogP contribution in [0.5, 0.6) is 0 Å². The topological polar surface area (TPSA) is 78.2 Å². The van der Waals surface area contributed by atoms with Crippen molar-refractivity contribution in [3.8, 4) is 0 Å². The van der Waals surface area contributed by atoms with Crippen molar-refractivity contribution in [1.82, 2.24) is 15.1 Å². The lowest BCUT2D eigenvalue weighted by molar-refractivity contribution is -0.147. The van der Waals surface area contributed by atoms with Crippen LogP contribution in [-0.4, -0.2) is 54.8 Å². The molecule has 0 atom stereocenters. The van der Waals surface area contributed by atoms with Crippen LogP contribution in [0, 0.1) is 0 Å². The van der Waals surface area contributed by atoms with Gasteiger partial charge in [-0.25, -0.2) is 0 Å². The van der Waals surface area contributed by atoms with Gasteiger partial charge >= 0.3 is 0 Å². The zero-order chi connectivity index (χ0) is 18.5. The zero-order valence-electron chi connectivity index (χ0n) is 15.2. The van der Waals surface area contributed by atoms with Gasteiger partial charge in [-0.05, 0) is 18.6 Å². The molecule has 1 saturated heterocycles. The zero-order valence-corrected chi connectivity index (χ0v) is 15.2. The second-order valence-corrected chi connectivity index (χ2v) is 6.37. The van der Waals surface area contributed by atoms with Crippen molar-refractivity contribution in [2.24, 2.45) is 4.99 Å². The molecule has 1 N–H and O–H groups in total. The number of benzene rings is 1. The third-order valence-corrected chi connectivity index (χ3v) is 4.44. The van der Waals surface area contributed by atoms with Crippen LogP contribution in [0.2, 0.25) is 0 Å². The molecule has 1 aliphatic heterocycles. The highest BCUT2D eigenvalue weighted by Crippen LogP contribution is 2.19. The Bertz CT molecular complexity index is 778. The van der Waals surface area contributed by atoms with Crippen LogP contribution >= 0.6 is 0 Å². The van der Waals surface area contributed by atoms with Crippen molar-refractivity contribution in [1.29, 1.82) is 0 Å². The maximum atomic E-state index is 11.8. The molecule has 2 heterocycles. The van der Waals surface area contributed by atoms with E-state index in [9.17, 15) is 9.59 Å². The molecule has 1 aromatic carbocycles. The summed E-state index contributed by atoms with van der Waals surface area (Å²) >= 11 is 0. The van der Waals surface area contributed by atoms with Crippen LogP contribution in [0.3, 0.4) is 0 Å². The Morgan fingerprint density at radius 2 is 2.00 bits per heavy atom. The number of amides is 2. The molecule has 26 heavy (non-hydrogen) atoms. The Hall–Kier alpha value is -2.83. The van der Waals surface area contributed by atoms with Gasteiger partial charge in [-0.2, -0.15) is 0 Å². The first-order valence-electron chi connectivity index (χ1n) is 8.81. The number of nitrogens with zero attached hydrogens (tertiary/aromatic N) is 3. The van der Waals surface area contributed by atoms with Crippen LogP contribution in [0.4, 0.5) is 0 Å². The van der Waals surface area contributed by atoms with Gasteiger partial charge in [-0.3, -0.25) is 19.5 Å². The summed E-state index contributed by atoms with van der Waals surface area (Å²) in [5, 5.41) is 4.27. The molecule has 7 nitrogen and oxygen atoms in total. The minimum atomic E-state index is -0.0892. The second-order valence-electron chi connectivity index (χ2n) is 6.37. The Kier molecular flexibility index (Phi) is 5.55. The lowest BCUT2D eigenvalue weighted by Gasteiger charge is -2.26. The molecule has 1 aliphatic rings. The van der Waals surface area contributed by atoms with E-state index in [0.717, 1.165) is 16.7 Å². The molecular formula is C19H24N4O3. The maximum absolute atomic E-state index is 11.8. The normalized spacial score (nSPS) is 15.6. The fourth-order valence-corrected chi connectivity index (χ4v) is 3.14. The molecule has 0 radical (unpaired) electrons. The highest BCUT2D eigenvalue weighted by molar-refractivity contribution is 5.97. The molecule has 0 aliphatic carbocycles. The van der Waals surface area contributed by atoms with Gasteiger partial charge in [-0.1, -0.05) is 18.2 Å². The van der Waals surface area contributed by atoms with E-state index in [1.54, 1.807) is 7.05 Å². The fourth-order valence-electron chi connectivity index (χ4n) is 3.14. The summed E-state index contributed by atoms with van der Waals surface area (Å²) in [4.78, 5) is 31.2. The molecule has 2 aromatic rings. The summed E-state index contributed by atoms with van der Waals surface area (Å²) in [7, 11) is 3.62. The largest absolute Gasteiger partial charge is 0.459 e. The van der Waals surface area contributed by atoms with E-state index in [4.69, 9.17) is 4.42 Å². The van der Waals surface area contributed by atoms with Gasteiger partial charge < -0.3 is 14.6 Å². The third kappa shape index (κ3) is 4.04. The number of para-hydroxylation sites is 1. The first-order chi connectivity index (χ1) is 12.6. The molecule has 2 amide bonds. The Morgan fingerprint density at radius 3 is 2.69 bits per heavy atom. The molecule has 1 fully saturated rings. The van der Waals surface area contributed by atoms with Crippen molar-refractivity contribution < 1.29 is 14.0 Å². The lowest BCUT2D eigenvalue weighted by atomic mass is 10.1. The number of fused-ring (bicyclic) bond motifs is 1. The maximum Gasteiger partial charge on any atom is 0.229 e. The van der Waals surface area contributed by atoms with Crippen molar-refractivity contribution in [3.63, 3.8) is 0 Å². The number of carbonyl (C=O) groups is 2. The Morgan fingerprint density at radius 1 is 1.27 bits per heavy atom. The molecular weight excluding hydrogens is 332 g/mol. The standard InChI is InChI=1S/C19H24N4O3/c1-20-19(21-10-11-23-17(24)8-5-9-18(23)25)22(2)13-15-12-14-6-3-4-7-16(14)26-15/h3-4,6-7,12H,5,8-11,13H2,1-2H3,(H,20,21). The van der Waals surface area contributed by atoms with Crippen LogP contribution in [-0.2, 0) is 16.1 Å². The molecule has 1 aromatic heterocycles. The summed E-state index contributed by atoms with van der Waals surface area (Å²) < 4.78 is 5.84. The van der Waals surface area contributed by atoms with E-state index in [-0.39, 0.29) is 11.8 Å². The molecule has 138 valence electrons. The van der Waals surface area contributed by atoms with E-state index < -0.39 is 0 Å². The summed E-state index contributed by atoms with van der Waals surface area (Å²) in [6.07, 6.45) is 1.56. The Labute approximate surface area is 152 Å². The molecule has 0 unspecified atom stereocenters. The van der Waals surface area contributed by atoms with Crippen LogP contribution < -0.4 is 5.32 Å². The summed E-state index contributed by atoms with van der Waals surface area (Å²) in [6, 6.07) is 9.91. The van der Waals surface area contributed by atoms with E-state index in [1.165, 1.54) is 4.90 Å². The van der Waals surface area contributed by atoms with Gasteiger partial charge in [0.1, 0.15) is 11.3 Å². The van der Waals surface area contributed by atoms with Gasteiger partial charge in [0.05, 0.1) is 6.54 Å². The molecule has 0 saturated carbocycles. The summed E-state index contributed by atoms with van der Waals surface area (Å²) in [6.45, 7) is 1.39. The Balaban J connectivity index is 1.54. The van der Waals surface area contributed by atoms with E-state index in [1.807, 2.05) is 42.3 Å². The van der Waals surface area contributed by atoms with Gasteiger partial charge in [0.15, 0.2) is 5.96 Å².